The summed E-state index contributed by atoms with van der Waals surface area (Å²) < 4.78 is 52.5. The molecule has 0 amide bonds. The van der Waals surface area contributed by atoms with Crippen LogP contribution in [0.5, 0.6) is 5.75 Å². The molecular weight excluding hydrogens is 233 g/mol. The topological polar surface area (TPSA) is 52.4 Å². The van der Waals surface area contributed by atoms with Crippen molar-refractivity contribution in [1.29, 1.82) is 0 Å². The van der Waals surface area contributed by atoms with Crippen molar-refractivity contribution in [2.24, 2.45) is 0 Å². The summed E-state index contributed by atoms with van der Waals surface area (Å²) >= 11 is 0. The third kappa shape index (κ3) is 3.41. The maximum Gasteiger partial charge on any atom is 0.515 e. The Morgan fingerprint density at radius 1 is 1.38 bits per heavy atom. The molecule has 1 aromatic carbocycles. The monoisotopic (exact) mass is 238 g/mol. The summed E-state index contributed by atoms with van der Waals surface area (Å²) in [6.07, 6.45) is 0. The van der Waals surface area contributed by atoms with Crippen LogP contribution in [0.1, 0.15) is 0 Å². The fourth-order valence-electron chi connectivity index (χ4n) is 0.916. The van der Waals surface area contributed by atoms with Gasteiger partial charge in [0.1, 0.15) is 5.75 Å². The van der Waals surface area contributed by atoms with E-state index in [4.69, 9.17) is 0 Å². The average Bonchev–Trinajstić information content (AvgIpc) is 2.13. The second kappa shape index (κ2) is 4.37. The van der Waals surface area contributed by atoms with Crippen molar-refractivity contribution in [3.05, 3.63) is 34.1 Å². The van der Waals surface area contributed by atoms with Crippen LogP contribution in [0.2, 0.25) is 0 Å². The highest BCUT2D eigenvalue weighted by atomic mass is 19.4. The van der Waals surface area contributed by atoms with E-state index in [0.717, 1.165) is 12.1 Å². The van der Waals surface area contributed by atoms with Crippen LogP contribution in [0.3, 0.4) is 0 Å². The van der Waals surface area contributed by atoms with E-state index in [1.807, 2.05) is 0 Å². The van der Waals surface area contributed by atoms with Crippen LogP contribution < -0.4 is 4.74 Å². The van der Waals surface area contributed by atoms with E-state index in [0.29, 0.717) is 6.07 Å². The van der Waals surface area contributed by atoms with Gasteiger partial charge in [0, 0.05) is 12.1 Å². The smallest absolute Gasteiger partial charge is 0.515 e. The number of nitrogens with zero attached hydrogens (tertiary/aromatic N) is 1. The Bertz CT molecular complexity index is 409. The van der Waals surface area contributed by atoms with Gasteiger partial charge in [-0.25, -0.2) is 0 Å². The van der Waals surface area contributed by atoms with Gasteiger partial charge in [-0.15, -0.1) is 0 Å². The molecule has 0 unspecified atom stereocenters. The minimum absolute atomic E-state index is 0.401. The molecule has 0 aliphatic rings. The van der Waals surface area contributed by atoms with Crippen molar-refractivity contribution < 1.29 is 27.0 Å². The first-order valence-corrected chi connectivity index (χ1v) is 4.07. The van der Waals surface area contributed by atoms with E-state index in [-0.39, 0.29) is 0 Å². The summed E-state index contributed by atoms with van der Waals surface area (Å²) in [7, 11) is 0. The first-order chi connectivity index (χ1) is 7.29. The molecule has 0 atom stereocenters. The molecule has 0 aliphatic heterocycles. The number of nitro benzene ring substituents is 1. The number of benzene rings is 1. The van der Waals surface area contributed by atoms with Gasteiger partial charge in [0.05, 0.1) is 11.4 Å². The number of nitro groups is 1. The first kappa shape index (κ1) is 12.3. The summed E-state index contributed by atoms with van der Waals surface area (Å²) in [6.45, 7) is -6.66. The van der Waals surface area contributed by atoms with E-state index in [9.17, 15) is 27.5 Å². The van der Waals surface area contributed by atoms with Crippen LogP contribution >= 0.6 is 0 Å². The van der Waals surface area contributed by atoms with Crippen molar-refractivity contribution in [3.63, 3.8) is 0 Å². The molecule has 0 aliphatic carbocycles. The highest BCUT2D eigenvalue weighted by Gasteiger charge is 2.24. The maximum absolute atomic E-state index is 12.9. The Labute approximate surface area is 87.0 Å². The van der Waals surface area contributed by atoms with Gasteiger partial charge in [-0.1, -0.05) is 0 Å². The standard InChI is InChI=1S/C7H5BF4NO3/c9-6-3-5(16-4-8(10,11)12)1-2-7(6)13(14)15/h1-3H,4H2/q-1. The molecule has 0 bridgehead atoms. The lowest BCUT2D eigenvalue weighted by atomic mass is 9.95. The van der Waals surface area contributed by atoms with Crippen LogP contribution in [0.25, 0.3) is 0 Å². The molecule has 0 spiro atoms. The largest absolute Gasteiger partial charge is 0.522 e. The van der Waals surface area contributed by atoms with E-state index in [1.54, 1.807) is 0 Å². The van der Waals surface area contributed by atoms with Crippen LogP contribution in [0.15, 0.2) is 18.2 Å². The molecule has 0 N–H and O–H groups in total. The van der Waals surface area contributed by atoms with Gasteiger partial charge >= 0.3 is 12.7 Å². The van der Waals surface area contributed by atoms with Gasteiger partial charge in [0.2, 0.25) is 5.82 Å². The molecular formula is C7H5BF4NO3-. The molecule has 88 valence electrons. The van der Waals surface area contributed by atoms with Crippen molar-refractivity contribution in [2.75, 3.05) is 6.51 Å². The van der Waals surface area contributed by atoms with Gasteiger partial charge in [0.25, 0.3) is 0 Å². The second-order valence-electron chi connectivity index (χ2n) is 2.89. The fourth-order valence-corrected chi connectivity index (χ4v) is 0.916. The third-order valence-electron chi connectivity index (χ3n) is 1.55. The minimum atomic E-state index is -5.14. The Morgan fingerprint density at radius 3 is 2.44 bits per heavy atom. The van der Waals surface area contributed by atoms with E-state index in [1.165, 1.54) is 0 Å². The molecule has 16 heavy (non-hydrogen) atoms. The van der Waals surface area contributed by atoms with Crippen LogP contribution in [0.4, 0.5) is 23.0 Å². The summed E-state index contributed by atoms with van der Waals surface area (Å²) in [4.78, 5) is 9.22. The highest BCUT2D eigenvalue weighted by Crippen LogP contribution is 2.23. The average molecular weight is 238 g/mol. The zero-order chi connectivity index (χ0) is 12.3. The molecule has 1 rings (SSSR count). The molecule has 0 saturated heterocycles. The number of hydrogen-bond acceptors (Lipinski definition) is 3. The minimum Gasteiger partial charge on any atom is -0.522 e. The Hall–Kier alpha value is -1.80. The molecule has 0 saturated carbocycles. The van der Waals surface area contributed by atoms with Gasteiger partial charge in [-0.3, -0.25) is 10.1 Å². The quantitative estimate of drug-likeness (QED) is 0.350. The van der Waals surface area contributed by atoms with Crippen LogP contribution in [0, 0.1) is 15.9 Å². The van der Waals surface area contributed by atoms with E-state index in [2.05, 4.69) is 4.74 Å². The van der Waals surface area contributed by atoms with Gasteiger partial charge < -0.3 is 17.7 Å². The normalized spacial score (nSPS) is 11.2. The fraction of sp³-hybridized carbons (Fsp3) is 0.143. The highest BCUT2D eigenvalue weighted by molar-refractivity contribution is 6.58. The lowest BCUT2D eigenvalue weighted by Crippen LogP contribution is -2.26. The molecule has 0 aromatic heterocycles. The van der Waals surface area contributed by atoms with Gasteiger partial charge in [-0.05, 0) is 6.07 Å². The zero-order valence-electron chi connectivity index (χ0n) is 7.70. The Kier molecular flexibility index (Phi) is 3.36. The number of ether oxygens (including phenoxy) is 1. The molecule has 0 fully saturated rings. The third-order valence-corrected chi connectivity index (χ3v) is 1.55. The molecule has 1 aromatic rings. The lowest BCUT2D eigenvalue weighted by molar-refractivity contribution is -0.387. The van der Waals surface area contributed by atoms with Gasteiger partial charge in [-0.2, -0.15) is 4.39 Å². The molecule has 4 nitrogen and oxygen atoms in total. The van der Waals surface area contributed by atoms with E-state index < -0.39 is 35.7 Å². The second-order valence-corrected chi connectivity index (χ2v) is 2.89. The van der Waals surface area contributed by atoms with Gasteiger partial charge in [0.15, 0.2) is 0 Å². The lowest BCUT2D eigenvalue weighted by Gasteiger charge is -2.14. The van der Waals surface area contributed by atoms with Crippen molar-refractivity contribution in [3.8, 4) is 5.75 Å². The van der Waals surface area contributed by atoms with Crippen molar-refractivity contribution in [2.45, 2.75) is 0 Å². The number of hydrogen-bond donors (Lipinski definition) is 0. The summed E-state index contributed by atoms with van der Waals surface area (Å²) in [5.74, 6) is -1.64. The van der Waals surface area contributed by atoms with Crippen molar-refractivity contribution >= 4 is 12.7 Å². The predicted octanol–water partition coefficient (Wildman–Crippen LogP) is 2.50. The predicted molar refractivity (Wildman–Crippen MR) is 47.6 cm³/mol. The van der Waals surface area contributed by atoms with Crippen LogP contribution in [-0.4, -0.2) is 18.4 Å². The Morgan fingerprint density at radius 2 is 2.00 bits per heavy atom. The summed E-state index contributed by atoms with van der Waals surface area (Å²) in [5.41, 5.74) is -0.815. The molecule has 0 heterocycles. The zero-order valence-corrected chi connectivity index (χ0v) is 7.70. The summed E-state index contributed by atoms with van der Waals surface area (Å²) in [5, 5.41) is 10.2. The molecule has 9 heteroatoms. The van der Waals surface area contributed by atoms with Crippen LogP contribution in [-0.2, 0) is 0 Å². The maximum atomic E-state index is 12.9. The Balaban J connectivity index is 2.78. The van der Waals surface area contributed by atoms with E-state index >= 15 is 0 Å². The first-order valence-electron chi connectivity index (χ1n) is 4.07. The number of rotatable bonds is 4. The molecule has 0 radical (unpaired) electrons. The summed E-state index contributed by atoms with van der Waals surface area (Å²) in [6, 6.07) is 2.19. The number of halogens is 4. The van der Waals surface area contributed by atoms with Crippen molar-refractivity contribution in [1.82, 2.24) is 0 Å². The SMILES string of the molecule is O=[N+]([O-])c1ccc(OC[B-](F)(F)F)cc1F.